The van der Waals surface area contributed by atoms with Gasteiger partial charge in [-0.05, 0) is 29.8 Å². The maximum Gasteiger partial charge on any atom is 0.231 e. The fraction of sp³-hybridized carbons (Fsp3) is 0.231. The van der Waals surface area contributed by atoms with Crippen molar-refractivity contribution in [2.75, 3.05) is 19.3 Å². The van der Waals surface area contributed by atoms with Gasteiger partial charge in [-0.25, -0.2) is 0 Å². The van der Waals surface area contributed by atoms with Crippen molar-refractivity contribution in [3.63, 3.8) is 0 Å². The van der Waals surface area contributed by atoms with E-state index in [0.717, 1.165) is 11.3 Å². The Morgan fingerprint density at radius 2 is 2.11 bits per heavy atom. The molecule has 0 atom stereocenters. The Hall–Kier alpha value is -2.30. The molecule has 0 amide bonds. The van der Waals surface area contributed by atoms with E-state index in [0.29, 0.717) is 18.0 Å². The average molecular weight is 246 g/mol. The molecule has 1 N–H and O–H groups in total. The van der Waals surface area contributed by atoms with Crippen LogP contribution in [0, 0.1) is 0 Å². The molecule has 0 saturated heterocycles. The van der Waals surface area contributed by atoms with Crippen molar-refractivity contribution in [1.29, 1.82) is 0 Å². The first kappa shape index (κ1) is 10.8. The van der Waals surface area contributed by atoms with Crippen LogP contribution in [0.2, 0.25) is 0 Å². The molecule has 18 heavy (non-hydrogen) atoms. The lowest BCUT2D eigenvalue weighted by atomic mass is 10.2. The van der Waals surface area contributed by atoms with Crippen LogP contribution in [-0.4, -0.2) is 18.6 Å². The van der Waals surface area contributed by atoms with Gasteiger partial charge in [0, 0.05) is 12.4 Å². The Labute approximate surface area is 105 Å². The van der Waals surface area contributed by atoms with E-state index in [-0.39, 0.29) is 6.79 Å². The molecule has 2 heterocycles. The topological polar surface area (TPSA) is 44.7 Å². The molecular weight excluding hydrogens is 232 g/mol. The lowest BCUT2D eigenvalue weighted by Crippen LogP contribution is -2.11. The van der Waals surface area contributed by atoms with Gasteiger partial charge in [-0.2, -0.15) is 0 Å². The Balaban J connectivity index is 1.80. The molecule has 0 unspecified atom stereocenters. The number of fused-ring (bicyclic) bond motifs is 1. The highest BCUT2D eigenvalue weighted by Gasteiger charge is 2.19. The summed E-state index contributed by atoms with van der Waals surface area (Å²) in [4.78, 5) is 0. The molecule has 0 fully saturated rings. The van der Waals surface area contributed by atoms with Crippen molar-refractivity contribution in [3.8, 4) is 17.2 Å². The standard InChI is InChI=1S/C13H14N2O3/c1-16-11-6-10(7-12-13(11)18-9-17-12)8-14-15-4-2-3-5-15/h2-7,14H,8-9H2,1H3. The third kappa shape index (κ3) is 1.95. The smallest absolute Gasteiger partial charge is 0.231 e. The van der Waals surface area contributed by atoms with Gasteiger partial charge in [0.25, 0.3) is 0 Å². The van der Waals surface area contributed by atoms with Gasteiger partial charge in [0.2, 0.25) is 12.5 Å². The van der Waals surface area contributed by atoms with Crippen LogP contribution in [0.15, 0.2) is 36.7 Å². The Morgan fingerprint density at radius 1 is 1.28 bits per heavy atom. The number of benzene rings is 1. The van der Waals surface area contributed by atoms with E-state index in [1.54, 1.807) is 7.11 Å². The number of rotatable bonds is 4. The Morgan fingerprint density at radius 3 is 2.89 bits per heavy atom. The van der Waals surface area contributed by atoms with Crippen molar-refractivity contribution in [2.24, 2.45) is 0 Å². The van der Waals surface area contributed by atoms with Crippen LogP contribution >= 0.6 is 0 Å². The minimum Gasteiger partial charge on any atom is -0.493 e. The zero-order chi connectivity index (χ0) is 12.4. The number of nitrogens with zero attached hydrogens (tertiary/aromatic N) is 1. The summed E-state index contributed by atoms with van der Waals surface area (Å²) in [7, 11) is 1.63. The highest BCUT2D eigenvalue weighted by Crippen LogP contribution is 2.41. The van der Waals surface area contributed by atoms with Gasteiger partial charge in [-0.3, -0.25) is 4.68 Å². The second-order valence-corrected chi connectivity index (χ2v) is 3.96. The van der Waals surface area contributed by atoms with Crippen LogP contribution in [0.5, 0.6) is 17.2 Å². The summed E-state index contributed by atoms with van der Waals surface area (Å²) < 4.78 is 17.9. The number of nitrogens with one attached hydrogen (secondary N) is 1. The monoisotopic (exact) mass is 246 g/mol. The van der Waals surface area contributed by atoms with Crippen LogP contribution in [-0.2, 0) is 6.54 Å². The van der Waals surface area contributed by atoms with Crippen LogP contribution < -0.4 is 19.6 Å². The van der Waals surface area contributed by atoms with Gasteiger partial charge < -0.3 is 19.6 Å². The highest BCUT2D eigenvalue weighted by molar-refractivity contribution is 5.55. The average Bonchev–Trinajstić information content (AvgIpc) is 3.06. The highest BCUT2D eigenvalue weighted by atomic mass is 16.7. The summed E-state index contributed by atoms with van der Waals surface area (Å²) in [5.74, 6) is 2.12. The maximum atomic E-state index is 5.38. The first-order chi connectivity index (χ1) is 8.86. The van der Waals surface area contributed by atoms with E-state index in [9.17, 15) is 0 Å². The summed E-state index contributed by atoms with van der Waals surface area (Å²) in [6.45, 7) is 0.932. The van der Waals surface area contributed by atoms with E-state index < -0.39 is 0 Å². The summed E-state index contributed by atoms with van der Waals surface area (Å²) in [5.41, 5.74) is 4.32. The number of aromatic nitrogens is 1. The van der Waals surface area contributed by atoms with Crippen molar-refractivity contribution in [3.05, 3.63) is 42.2 Å². The predicted octanol–water partition coefficient (Wildman–Crippen LogP) is 1.97. The zero-order valence-corrected chi connectivity index (χ0v) is 10.1. The van der Waals surface area contributed by atoms with Gasteiger partial charge in [0.05, 0.1) is 13.7 Å². The van der Waals surface area contributed by atoms with Crippen LogP contribution in [0.25, 0.3) is 0 Å². The zero-order valence-electron chi connectivity index (χ0n) is 10.1. The predicted molar refractivity (Wildman–Crippen MR) is 66.6 cm³/mol. The number of hydrogen-bond donors (Lipinski definition) is 1. The van der Waals surface area contributed by atoms with Gasteiger partial charge in [0.1, 0.15) is 0 Å². The molecule has 0 bridgehead atoms. The minimum absolute atomic E-state index is 0.250. The molecule has 5 heteroatoms. The van der Waals surface area contributed by atoms with Gasteiger partial charge in [-0.1, -0.05) is 0 Å². The molecule has 94 valence electrons. The summed E-state index contributed by atoms with van der Waals surface area (Å²) in [6.07, 6.45) is 3.90. The summed E-state index contributed by atoms with van der Waals surface area (Å²) in [6, 6.07) is 7.84. The van der Waals surface area contributed by atoms with Crippen molar-refractivity contribution in [1.82, 2.24) is 4.68 Å². The van der Waals surface area contributed by atoms with Crippen LogP contribution in [0.3, 0.4) is 0 Å². The molecule has 2 aromatic rings. The van der Waals surface area contributed by atoms with E-state index in [4.69, 9.17) is 14.2 Å². The number of ether oxygens (including phenoxy) is 3. The number of hydrogen-bond acceptors (Lipinski definition) is 4. The molecule has 1 aliphatic heterocycles. The second kappa shape index (κ2) is 4.52. The number of methoxy groups -OCH3 is 1. The molecule has 1 aliphatic rings. The minimum atomic E-state index is 0.250. The molecular formula is C13H14N2O3. The maximum absolute atomic E-state index is 5.38. The summed E-state index contributed by atoms with van der Waals surface area (Å²) in [5, 5.41) is 0. The normalized spacial score (nSPS) is 12.5. The molecule has 0 aliphatic carbocycles. The van der Waals surface area contributed by atoms with E-state index >= 15 is 0 Å². The van der Waals surface area contributed by atoms with E-state index in [1.165, 1.54) is 0 Å². The third-order valence-electron chi connectivity index (χ3n) is 2.79. The molecule has 3 rings (SSSR count). The van der Waals surface area contributed by atoms with Gasteiger partial charge in [0.15, 0.2) is 11.5 Å². The van der Waals surface area contributed by atoms with E-state index in [1.807, 2.05) is 41.3 Å². The fourth-order valence-electron chi connectivity index (χ4n) is 1.91. The molecule has 0 spiro atoms. The first-order valence-electron chi connectivity index (χ1n) is 5.70. The Kier molecular flexibility index (Phi) is 2.72. The summed E-state index contributed by atoms with van der Waals surface area (Å²) >= 11 is 0. The third-order valence-corrected chi connectivity index (χ3v) is 2.79. The fourth-order valence-corrected chi connectivity index (χ4v) is 1.91. The largest absolute Gasteiger partial charge is 0.493 e. The van der Waals surface area contributed by atoms with Gasteiger partial charge in [-0.15, -0.1) is 0 Å². The van der Waals surface area contributed by atoms with E-state index in [2.05, 4.69) is 5.43 Å². The first-order valence-corrected chi connectivity index (χ1v) is 5.70. The Bertz CT molecular complexity index is 537. The quantitative estimate of drug-likeness (QED) is 0.895. The SMILES string of the molecule is COc1cc(CNn2cccc2)cc2c1OCO2. The molecule has 0 saturated carbocycles. The second-order valence-electron chi connectivity index (χ2n) is 3.96. The van der Waals surface area contributed by atoms with Crippen molar-refractivity contribution < 1.29 is 14.2 Å². The molecule has 1 aromatic heterocycles. The van der Waals surface area contributed by atoms with Gasteiger partial charge >= 0.3 is 0 Å². The lowest BCUT2D eigenvalue weighted by molar-refractivity contribution is 0.171. The molecule has 1 aromatic carbocycles. The molecule has 0 radical (unpaired) electrons. The van der Waals surface area contributed by atoms with Crippen molar-refractivity contribution in [2.45, 2.75) is 6.54 Å². The lowest BCUT2D eigenvalue weighted by Gasteiger charge is -2.10. The van der Waals surface area contributed by atoms with Crippen LogP contribution in [0.1, 0.15) is 5.56 Å². The van der Waals surface area contributed by atoms with Crippen LogP contribution in [0.4, 0.5) is 0 Å². The van der Waals surface area contributed by atoms with Crippen molar-refractivity contribution >= 4 is 0 Å². The molecule has 5 nitrogen and oxygen atoms in total.